The van der Waals surface area contributed by atoms with Crippen molar-refractivity contribution in [1.29, 1.82) is 0 Å². The van der Waals surface area contributed by atoms with Crippen LogP contribution in [0.5, 0.6) is 0 Å². The van der Waals surface area contributed by atoms with Crippen molar-refractivity contribution in [2.45, 2.75) is 33.1 Å². The number of hydrogen-bond donors (Lipinski definition) is 2. The van der Waals surface area contributed by atoms with E-state index in [0.717, 1.165) is 25.1 Å². The fraction of sp³-hybridized carbons (Fsp3) is 0.750. The minimum Gasteiger partial charge on any atom is -0.321 e. The van der Waals surface area contributed by atoms with E-state index in [4.69, 9.17) is 9.79 Å². The zero-order chi connectivity index (χ0) is 9.61. The highest BCUT2D eigenvalue weighted by atomic mass is 31.2. The van der Waals surface area contributed by atoms with Crippen LogP contribution in [-0.4, -0.2) is 9.79 Å². The molecule has 0 aliphatic heterocycles. The van der Waals surface area contributed by atoms with Crippen LogP contribution < -0.4 is 0 Å². The summed E-state index contributed by atoms with van der Waals surface area (Å²) in [5.74, 6) is 1.64. The van der Waals surface area contributed by atoms with Crippen LogP contribution in [-0.2, 0) is 4.57 Å². The summed E-state index contributed by atoms with van der Waals surface area (Å²) >= 11 is 0. The quantitative estimate of drug-likeness (QED) is 0.519. The molecule has 0 spiro atoms. The molecule has 0 aliphatic rings. The Morgan fingerprint density at radius 2 is 2.00 bits per heavy atom. The molecular formula is C8H17O3P. The van der Waals surface area contributed by atoms with Gasteiger partial charge in [-0.1, -0.05) is 26.3 Å². The summed E-state index contributed by atoms with van der Waals surface area (Å²) < 4.78 is 10.3. The average Bonchev–Trinajstić information content (AvgIpc) is 1.83. The molecule has 0 aromatic carbocycles. The molecule has 2 N–H and O–H groups in total. The van der Waals surface area contributed by atoms with E-state index in [9.17, 15) is 4.57 Å². The molecule has 0 saturated heterocycles. The summed E-state index contributed by atoms with van der Waals surface area (Å²) in [6.45, 7) is 4.26. The van der Waals surface area contributed by atoms with E-state index in [1.54, 1.807) is 6.08 Å². The van der Waals surface area contributed by atoms with Gasteiger partial charge in [0.25, 0.3) is 0 Å². The van der Waals surface area contributed by atoms with Crippen molar-refractivity contribution >= 4 is 7.60 Å². The second-order valence-corrected chi connectivity index (χ2v) is 4.77. The van der Waals surface area contributed by atoms with Crippen molar-refractivity contribution in [3.8, 4) is 0 Å². The minimum atomic E-state index is -3.91. The van der Waals surface area contributed by atoms with E-state index in [0.29, 0.717) is 5.92 Å². The van der Waals surface area contributed by atoms with Gasteiger partial charge in [0.2, 0.25) is 0 Å². The maximum Gasteiger partial charge on any atom is 0.348 e. The van der Waals surface area contributed by atoms with E-state index in [1.165, 1.54) is 0 Å². The Labute approximate surface area is 73.7 Å². The van der Waals surface area contributed by atoms with Crippen molar-refractivity contribution in [1.82, 2.24) is 0 Å². The lowest BCUT2D eigenvalue weighted by molar-refractivity contribution is 0.386. The Hall–Kier alpha value is -0.110. The van der Waals surface area contributed by atoms with Crippen molar-refractivity contribution in [3.63, 3.8) is 0 Å². The fourth-order valence-electron chi connectivity index (χ4n) is 0.856. The highest BCUT2D eigenvalue weighted by Crippen LogP contribution is 2.36. The molecular weight excluding hydrogens is 175 g/mol. The Balaban J connectivity index is 3.44. The molecule has 0 radical (unpaired) electrons. The van der Waals surface area contributed by atoms with Gasteiger partial charge in [0.15, 0.2) is 0 Å². The zero-order valence-corrected chi connectivity index (χ0v) is 8.50. The van der Waals surface area contributed by atoms with Gasteiger partial charge < -0.3 is 9.79 Å². The van der Waals surface area contributed by atoms with Crippen molar-refractivity contribution in [3.05, 3.63) is 11.9 Å². The van der Waals surface area contributed by atoms with E-state index in [-0.39, 0.29) is 0 Å². The maximum absolute atomic E-state index is 10.3. The van der Waals surface area contributed by atoms with Crippen LogP contribution >= 0.6 is 7.60 Å². The van der Waals surface area contributed by atoms with E-state index in [1.807, 2.05) is 0 Å². The largest absolute Gasteiger partial charge is 0.348 e. The third-order valence-corrected chi connectivity index (χ3v) is 2.05. The SMILES string of the molecule is CC(C)CCCC=CP(=O)(O)O. The molecule has 0 bridgehead atoms. The van der Waals surface area contributed by atoms with Crippen LogP contribution in [0, 0.1) is 5.92 Å². The van der Waals surface area contributed by atoms with Crippen molar-refractivity contribution in [2.24, 2.45) is 5.92 Å². The normalized spacial score (nSPS) is 13.1. The molecule has 0 saturated carbocycles. The molecule has 3 nitrogen and oxygen atoms in total. The predicted molar refractivity (Wildman–Crippen MR) is 49.9 cm³/mol. The minimum absolute atomic E-state index is 0.661. The number of unbranched alkanes of at least 4 members (excludes halogenated alkanes) is 1. The van der Waals surface area contributed by atoms with Gasteiger partial charge in [-0.2, -0.15) is 0 Å². The van der Waals surface area contributed by atoms with Crippen LogP contribution in [0.3, 0.4) is 0 Å². The van der Waals surface area contributed by atoms with Gasteiger partial charge in [0.1, 0.15) is 0 Å². The molecule has 72 valence electrons. The van der Waals surface area contributed by atoms with Gasteiger partial charge in [-0.25, -0.2) is 0 Å². The van der Waals surface area contributed by atoms with Crippen LogP contribution in [0.25, 0.3) is 0 Å². The fourth-order valence-corrected chi connectivity index (χ4v) is 1.28. The summed E-state index contributed by atoms with van der Waals surface area (Å²) in [4.78, 5) is 16.9. The summed E-state index contributed by atoms with van der Waals surface area (Å²) in [5.41, 5.74) is 0. The lowest BCUT2D eigenvalue weighted by Gasteiger charge is -2.00. The first-order chi connectivity index (χ1) is 5.42. The Bertz CT molecular complexity index is 181. The summed E-state index contributed by atoms with van der Waals surface area (Å²) in [7, 11) is -3.91. The summed E-state index contributed by atoms with van der Waals surface area (Å²) in [6, 6.07) is 0. The van der Waals surface area contributed by atoms with Crippen LogP contribution in [0.1, 0.15) is 33.1 Å². The van der Waals surface area contributed by atoms with Crippen molar-refractivity contribution in [2.75, 3.05) is 0 Å². The topological polar surface area (TPSA) is 57.5 Å². The van der Waals surface area contributed by atoms with Crippen LogP contribution in [0.2, 0.25) is 0 Å². The third kappa shape index (κ3) is 9.89. The predicted octanol–water partition coefficient (Wildman–Crippen LogP) is 2.50. The second-order valence-electron chi connectivity index (χ2n) is 3.30. The van der Waals surface area contributed by atoms with E-state index >= 15 is 0 Å². The van der Waals surface area contributed by atoms with Gasteiger partial charge in [0.05, 0.1) is 0 Å². The first kappa shape index (κ1) is 11.9. The smallest absolute Gasteiger partial charge is 0.321 e. The molecule has 0 atom stereocenters. The first-order valence-electron chi connectivity index (χ1n) is 4.15. The zero-order valence-electron chi connectivity index (χ0n) is 7.60. The molecule has 0 aromatic heterocycles. The highest BCUT2D eigenvalue weighted by Gasteiger charge is 2.04. The lowest BCUT2D eigenvalue weighted by atomic mass is 10.1. The molecule has 0 aromatic rings. The molecule has 0 aliphatic carbocycles. The standard InChI is InChI=1S/C8H17O3P/c1-8(2)6-4-3-5-7-12(9,10)11/h5,7-8H,3-4,6H2,1-2H3,(H2,9,10,11). The van der Waals surface area contributed by atoms with Gasteiger partial charge in [-0.15, -0.1) is 0 Å². The number of hydrogen-bond acceptors (Lipinski definition) is 1. The first-order valence-corrected chi connectivity index (χ1v) is 5.83. The molecule has 0 heterocycles. The maximum atomic E-state index is 10.3. The molecule has 0 fully saturated rings. The second kappa shape index (κ2) is 5.52. The summed E-state index contributed by atoms with van der Waals surface area (Å²) in [5, 5.41) is 0. The average molecular weight is 192 g/mol. The van der Waals surface area contributed by atoms with Gasteiger partial charge in [0, 0.05) is 5.82 Å². The molecule has 0 unspecified atom stereocenters. The number of rotatable bonds is 5. The molecule has 0 amide bonds. The monoisotopic (exact) mass is 192 g/mol. The Kier molecular flexibility index (Phi) is 5.47. The van der Waals surface area contributed by atoms with Crippen LogP contribution in [0.4, 0.5) is 0 Å². The highest BCUT2D eigenvalue weighted by molar-refractivity contribution is 7.55. The molecule has 12 heavy (non-hydrogen) atoms. The molecule has 4 heteroatoms. The summed E-state index contributed by atoms with van der Waals surface area (Å²) in [6.07, 6.45) is 4.41. The lowest BCUT2D eigenvalue weighted by Crippen LogP contribution is -1.85. The Morgan fingerprint density at radius 3 is 2.42 bits per heavy atom. The van der Waals surface area contributed by atoms with Crippen LogP contribution in [0.15, 0.2) is 11.9 Å². The Morgan fingerprint density at radius 1 is 1.42 bits per heavy atom. The van der Waals surface area contributed by atoms with Gasteiger partial charge in [-0.3, -0.25) is 4.57 Å². The van der Waals surface area contributed by atoms with E-state index in [2.05, 4.69) is 13.8 Å². The van der Waals surface area contributed by atoms with Gasteiger partial charge in [-0.05, 0) is 18.8 Å². The molecule has 0 rings (SSSR count). The van der Waals surface area contributed by atoms with Gasteiger partial charge >= 0.3 is 7.60 Å². The van der Waals surface area contributed by atoms with E-state index < -0.39 is 7.60 Å². The van der Waals surface area contributed by atoms with Crippen molar-refractivity contribution < 1.29 is 14.4 Å². The third-order valence-electron chi connectivity index (χ3n) is 1.45. The number of allylic oxidation sites excluding steroid dienone is 1.